The SMILES string of the molecule is CCCCC[C@H](O)/C=C/[C@@H]1[C@@H](CCC/C=C/CC(=O)O)[C@@H](O)C[C@H]1O. The van der Waals surface area contributed by atoms with Gasteiger partial charge in [0.1, 0.15) is 0 Å². The van der Waals surface area contributed by atoms with Crippen molar-refractivity contribution in [2.24, 2.45) is 11.8 Å². The van der Waals surface area contributed by atoms with E-state index >= 15 is 0 Å². The van der Waals surface area contributed by atoms with E-state index in [1.54, 1.807) is 12.2 Å². The standard InChI is InChI=1S/C20H34O5/c1-2-3-6-9-15(21)12-13-17-16(18(22)14-19(17)23)10-7-4-5-8-11-20(24)25/h5,8,12-13,15-19,21-23H,2-4,6-7,9-11,14H2,1H3,(H,24,25)/b8-5+,13-12+/t15-,16+,17+,18-,19+/m0/s1. The van der Waals surface area contributed by atoms with Gasteiger partial charge in [-0.25, -0.2) is 0 Å². The second-order valence-electron chi connectivity index (χ2n) is 7.06. The van der Waals surface area contributed by atoms with Crippen LogP contribution in [0.3, 0.4) is 0 Å². The molecule has 0 unspecified atom stereocenters. The summed E-state index contributed by atoms with van der Waals surface area (Å²) >= 11 is 0. The van der Waals surface area contributed by atoms with Crippen molar-refractivity contribution in [2.45, 2.75) is 83.0 Å². The Labute approximate surface area is 151 Å². The molecular formula is C20H34O5. The summed E-state index contributed by atoms with van der Waals surface area (Å²) in [7, 11) is 0. The van der Waals surface area contributed by atoms with Crippen LogP contribution in [0.1, 0.15) is 64.7 Å². The van der Waals surface area contributed by atoms with Gasteiger partial charge in [0.25, 0.3) is 0 Å². The van der Waals surface area contributed by atoms with Crippen molar-refractivity contribution in [1.82, 2.24) is 0 Å². The van der Waals surface area contributed by atoms with Crippen LogP contribution < -0.4 is 0 Å². The Kier molecular flexibility index (Phi) is 10.7. The highest BCUT2D eigenvalue weighted by Crippen LogP contribution is 2.37. The molecule has 0 bridgehead atoms. The molecule has 0 spiro atoms. The Morgan fingerprint density at radius 3 is 2.60 bits per heavy atom. The van der Waals surface area contributed by atoms with Gasteiger partial charge in [0.2, 0.25) is 0 Å². The minimum absolute atomic E-state index is 0.0121. The molecule has 1 rings (SSSR count). The number of carboxylic acids is 1. The van der Waals surface area contributed by atoms with Crippen molar-refractivity contribution < 1.29 is 25.2 Å². The first-order valence-electron chi connectivity index (χ1n) is 9.55. The number of hydrogen-bond acceptors (Lipinski definition) is 4. The molecule has 144 valence electrons. The van der Waals surface area contributed by atoms with Gasteiger partial charge in [-0.15, -0.1) is 0 Å². The Balaban J connectivity index is 2.44. The summed E-state index contributed by atoms with van der Waals surface area (Å²) in [4.78, 5) is 10.4. The second kappa shape index (κ2) is 12.2. The largest absolute Gasteiger partial charge is 0.481 e. The van der Waals surface area contributed by atoms with E-state index in [0.717, 1.165) is 44.9 Å². The van der Waals surface area contributed by atoms with E-state index in [1.807, 2.05) is 12.2 Å². The number of aliphatic hydroxyl groups is 3. The average Bonchev–Trinajstić information content (AvgIpc) is 2.82. The number of carbonyl (C=O) groups is 1. The number of rotatable bonds is 12. The van der Waals surface area contributed by atoms with Gasteiger partial charge in [-0.1, -0.05) is 50.5 Å². The zero-order chi connectivity index (χ0) is 18.7. The normalized spacial score (nSPS) is 28.2. The minimum Gasteiger partial charge on any atom is -0.481 e. The smallest absolute Gasteiger partial charge is 0.307 e. The fourth-order valence-corrected chi connectivity index (χ4v) is 3.51. The highest BCUT2D eigenvalue weighted by atomic mass is 16.4. The molecule has 0 aliphatic heterocycles. The molecule has 0 saturated heterocycles. The van der Waals surface area contributed by atoms with Crippen LogP contribution in [0.5, 0.6) is 0 Å². The second-order valence-corrected chi connectivity index (χ2v) is 7.06. The van der Waals surface area contributed by atoms with E-state index < -0.39 is 24.3 Å². The summed E-state index contributed by atoms with van der Waals surface area (Å²) in [6, 6.07) is 0. The first-order chi connectivity index (χ1) is 12.0. The van der Waals surface area contributed by atoms with Crippen molar-refractivity contribution in [2.75, 3.05) is 0 Å². The molecule has 0 aromatic rings. The van der Waals surface area contributed by atoms with Gasteiger partial charge in [0.15, 0.2) is 0 Å². The van der Waals surface area contributed by atoms with Crippen molar-refractivity contribution in [3.05, 3.63) is 24.3 Å². The van der Waals surface area contributed by atoms with Gasteiger partial charge >= 0.3 is 5.97 Å². The Morgan fingerprint density at radius 1 is 1.16 bits per heavy atom. The number of allylic oxidation sites excluding steroid dienone is 1. The molecule has 4 N–H and O–H groups in total. The topological polar surface area (TPSA) is 98.0 Å². The van der Waals surface area contributed by atoms with Crippen molar-refractivity contribution in [3.63, 3.8) is 0 Å². The van der Waals surface area contributed by atoms with Gasteiger partial charge in [-0.3, -0.25) is 4.79 Å². The number of carboxylic acid groups (broad SMARTS) is 1. The molecule has 5 heteroatoms. The van der Waals surface area contributed by atoms with Crippen LogP contribution in [0.25, 0.3) is 0 Å². The molecule has 25 heavy (non-hydrogen) atoms. The summed E-state index contributed by atoms with van der Waals surface area (Å²) in [5.41, 5.74) is 0. The van der Waals surface area contributed by atoms with E-state index in [1.165, 1.54) is 0 Å². The molecule has 0 aromatic carbocycles. The van der Waals surface area contributed by atoms with Crippen LogP contribution in [0.2, 0.25) is 0 Å². The lowest BCUT2D eigenvalue weighted by atomic mass is 9.88. The zero-order valence-corrected chi connectivity index (χ0v) is 15.3. The summed E-state index contributed by atoms with van der Waals surface area (Å²) < 4.78 is 0. The molecule has 1 saturated carbocycles. The number of aliphatic hydroxyl groups excluding tert-OH is 3. The lowest BCUT2D eigenvalue weighted by Gasteiger charge is -2.21. The minimum atomic E-state index is -0.840. The van der Waals surface area contributed by atoms with E-state index in [-0.39, 0.29) is 18.3 Å². The summed E-state index contributed by atoms with van der Waals surface area (Å²) in [5.74, 6) is -0.978. The third-order valence-electron chi connectivity index (χ3n) is 4.94. The van der Waals surface area contributed by atoms with E-state index in [4.69, 9.17) is 5.11 Å². The van der Waals surface area contributed by atoms with Gasteiger partial charge in [-0.05, 0) is 31.6 Å². The first kappa shape index (κ1) is 21.9. The highest BCUT2D eigenvalue weighted by molar-refractivity contribution is 5.68. The molecule has 5 nitrogen and oxygen atoms in total. The molecule has 0 heterocycles. The fourth-order valence-electron chi connectivity index (χ4n) is 3.51. The van der Waals surface area contributed by atoms with E-state index in [0.29, 0.717) is 6.42 Å². The quantitative estimate of drug-likeness (QED) is 0.319. The molecule has 0 radical (unpaired) electrons. The predicted molar refractivity (Wildman–Crippen MR) is 98.1 cm³/mol. The third kappa shape index (κ3) is 8.66. The lowest BCUT2D eigenvalue weighted by molar-refractivity contribution is -0.136. The maximum absolute atomic E-state index is 10.4. The lowest BCUT2D eigenvalue weighted by Crippen LogP contribution is -2.21. The van der Waals surface area contributed by atoms with Gasteiger partial charge in [0.05, 0.1) is 24.7 Å². The van der Waals surface area contributed by atoms with Crippen LogP contribution in [0, 0.1) is 11.8 Å². The first-order valence-corrected chi connectivity index (χ1v) is 9.55. The van der Waals surface area contributed by atoms with Crippen LogP contribution >= 0.6 is 0 Å². The van der Waals surface area contributed by atoms with E-state index in [9.17, 15) is 20.1 Å². The maximum Gasteiger partial charge on any atom is 0.307 e. The monoisotopic (exact) mass is 354 g/mol. The van der Waals surface area contributed by atoms with Gasteiger partial charge in [0, 0.05) is 12.3 Å². The highest BCUT2D eigenvalue weighted by Gasteiger charge is 2.39. The van der Waals surface area contributed by atoms with Gasteiger partial charge < -0.3 is 20.4 Å². The van der Waals surface area contributed by atoms with E-state index in [2.05, 4.69) is 6.92 Å². The average molecular weight is 354 g/mol. The molecule has 0 amide bonds. The molecule has 1 aliphatic carbocycles. The number of unbranched alkanes of at least 4 members (excludes halogenated alkanes) is 3. The van der Waals surface area contributed by atoms with Crippen LogP contribution in [0.4, 0.5) is 0 Å². The molecule has 1 aliphatic rings. The fraction of sp³-hybridized carbons (Fsp3) is 0.750. The maximum atomic E-state index is 10.4. The zero-order valence-electron chi connectivity index (χ0n) is 15.3. The summed E-state index contributed by atoms with van der Waals surface area (Å²) in [6.45, 7) is 2.12. The van der Waals surface area contributed by atoms with Crippen molar-refractivity contribution >= 4 is 5.97 Å². The van der Waals surface area contributed by atoms with Crippen LogP contribution in [0.15, 0.2) is 24.3 Å². The van der Waals surface area contributed by atoms with Crippen LogP contribution in [-0.4, -0.2) is 44.7 Å². The van der Waals surface area contributed by atoms with Crippen molar-refractivity contribution in [1.29, 1.82) is 0 Å². The Morgan fingerprint density at radius 2 is 1.92 bits per heavy atom. The Bertz CT molecular complexity index is 432. The van der Waals surface area contributed by atoms with Crippen LogP contribution in [-0.2, 0) is 4.79 Å². The predicted octanol–water partition coefficient (Wildman–Crippen LogP) is 3.04. The van der Waals surface area contributed by atoms with Crippen molar-refractivity contribution in [3.8, 4) is 0 Å². The summed E-state index contributed by atoms with van der Waals surface area (Å²) in [6.07, 6.45) is 12.3. The van der Waals surface area contributed by atoms with Gasteiger partial charge in [-0.2, -0.15) is 0 Å². The Hall–Kier alpha value is -1.17. The molecular weight excluding hydrogens is 320 g/mol. The molecule has 0 aromatic heterocycles. The molecule has 5 atom stereocenters. The third-order valence-corrected chi connectivity index (χ3v) is 4.94. The number of hydrogen-bond donors (Lipinski definition) is 4. The number of aliphatic carboxylic acids is 1. The summed E-state index contributed by atoms with van der Waals surface area (Å²) in [5, 5.41) is 39.0. The molecule has 1 fully saturated rings.